The zero-order chi connectivity index (χ0) is 13.7. The lowest BCUT2D eigenvalue weighted by molar-refractivity contribution is -0.113. The van der Waals surface area contributed by atoms with Crippen molar-refractivity contribution in [3.8, 4) is 0 Å². The zero-order valence-electron chi connectivity index (χ0n) is 10.7. The third-order valence-electron chi connectivity index (χ3n) is 2.60. The average Bonchev–Trinajstić information content (AvgIpc) is 2.35. The van der Waals surface area contributed by atoms with Crippen LogP contribution in [0.15, 0.2) is 55.1 Å². The number of allylic oxidation sites excluding steroid dienone is 4. The van der Waals surface area contributed by atoms with E-state index in [1.54, 1.807) is 24.3 Å². The van der Waals surface area contributed by atoms with Crippen molar-refractivity contribution >= 4 is 17.1 Å². The molecule has 18 heavy (non-hydrogen) atoms. The maximum Gasteiger partial charge on any atom is 0.159 e. The Morgan fingerprint density at radius 1 is 0.944 bits per heavy atom. The molecule has 0 aliphatic rings. The largest absolute Gasteiger partial charge is 0.295 e. The summed E-state index contributed by atoms with van der Waals surface area (Å²) in [7, 11) is 0. The number of benzene rings is 1. The van der Waals surface area contributed by atoms with E-state index >= 15 is 0 Å². The summed E-state index contributed by atoms with van der Waals surface area (Å²) in [5.74, 6) is -0.0290. The number of hydrogen-bond donors (Lipinski definition) is 0. The first-order valence-corrected chi connectivity index (χ1v) is 5.60. The molecule has 0 N–H and O–H groups in total. The van der Waals surface area contributed by atoms with E-state index in [2.05, 4.69) is 13.2 Å². The fourth-order valence-corrected chi connectivity index (χ4v) is 1.33. The topological polar surface area (TPSA) is 34.1 Å². The molecular formula is C16H16O2. The Hall–Kier alpha value is -2.22. The molecule has 0 aliphatic carbocycles. The Balaban J connectivity index is 2.82. The van der Waals surface area contributed by atoms with Gasteiger partial charge in [0.05, 0.1) is 0 Å². The van der Waals surface area contributed by atoms with Gasteiger partial charge < -0.3 is 0 Å². The van der Waals surface area contributed by atoms with Crippen LogP contribution in [0.1, 0.15) is 29.8 Å². The fraction of sp³-hybridized carbons (Fsp3) is 0.125. The first-order chi connectivity index (χ1) is 8.41. The zero-order valence-corrected chi connectivity index (χ0v) is 10.7. The van der Waals surface area contributed by atoms with Crippen molar-refractivity contribution in [2.45, 2.75) is 13.8 Å². The average molecular weight is 240 g/mol. The van der Waals surface area contributed by atoms with E-state index in [4.69, 9.17) is 0 Å². The summed E-state index contributed by atoms with van der Waals surface area (Å²) in [6, 6.07) is 7.19. The minimum Gasteiger partial charge on any atom is -0.295 e. The molecule has 2 nitrogen and oxygen atoms in total. The third kappa shape index (κ3) is 3.67. The van der Waals surface area contributed by atoms with Crippen LogP contribution in [-0.4, -0.2) is 11.6 Å². The summed E-state index contributed by atoms with van der Waals surface area (Å²) in [5, 5.41) is 0. The minimum absolute atomic E-state index is 0.0349. The normalized spacial score (nSPS) is 10.3. The molecule has 0 spiro atoms. The molecule has 0 bridgehead atoms. The number of hydrogen-bond acceptors (Lipinski definition) is 2. The lowest BCUT2D eigenvalue weighted by atomic mass is 10.0. The molecule has 0 aliphatic heterocycles. The first kappa shape index (κ1) is 13.8. The molecule has 0 radical (unpaired) electrons. The van der Waals surface area contributed by atoms with Crippen LogP contribution in [0.5, 0.6) is 0 Å². The summed E-state index contributed by atoms with van der Waals surface area (Å²) in [4.78, 5) is 22.1. The van der Waals surface area contributed by atoms with Crippen molar-refractivity contribution in [1.82, 2.24) is 0 Å². The standard InChI is InChI=1S/C16H16O2/c1-11(13(3)17)5-6-12(2)15-7-9-16(10-8-15)14(4)18/h5-10H,1-2H2,3-4H3/b6-5-. The number of rotatable bonds is 5. The van der Waals surface area contributed by atoms with Crippen LogP contribution >= 0.6 is 0 Å². The Bertz CT molecular complexity index is 531. The first-order valence-electron chi connectivity index (χ1n) is 5.60. The van der Waals surface area contributed by atoms with Crippen LogP contribution in [0.2, 0.25) is 0 Å². The quantitative estimate of drug-likeness (QED) is 0.447. The minimum atomic E-state index is -0.0639. The maximum atomic E-state index is 11.1. The third-order valence-corrected chi connectivity index (χ3v) is 2.60. The Morgan fingerprint density at radius 3 is 1.89 bits per heavy atom. The molecule has 0 unspecified atom stereocenters. The highest BCUT2D eigenvalue weighted by Crippen LogP contribution is 2.15. The highest BCUT2D eigenvalue weighted by Gasteiger charge is 2.00. The van der Waals surface area contributed by atoms with Crippen LogP contribution in [0.3, 0.4) is 0 Å². The van der Waals surface area contributed by atoms with Crippen molar-refractivity contribution in [2.24, 2.45) is 0 Å². The van der Waals surface area contributed by atoms with Crippen LogP contribution in [-0.2, 0) is 4.79 Å². The van der Waals surface area contributed by atoms with Crippen LogP contribution in [0.25, 0.3) is 5.57 Å². The summed E-state index contributed by atoms with van der Waals surface area (Å²) >= 11 is 0. The van der Waals surface area contributed by atoms with Gasteiger partial charge in [0.1, 0.15) is 0 Å². The molecule has 1 aromatic carbocycles. The molecule has 0 heterocycles. The van der Waals surface area contributed by atoms with Gasteiger partial charge in [0.25, 0.3) is 0 Å². The highest BCUT2D eigenvalue weighted by atomic mass is 16.1. The molecule has 0 saturated heterocycles. The molecule has 0 atom stereocenters. The van der Waals surface area contributed by atoms with Crippen molar-refractivity contribution < 1.29 is 9.59 Å². The molecule has 0 aromatic heterocycles. The monoisotopic (exact) mass is 240 g/mol. The van der Waals surface area contributed by atoms with Gasteiger partial charge in [-0.3, -0.25) is 9.59 Å². The van der Waals surface area contributed by atoms with Gasteiger partial charge in [0, 0.05) is 11.1 Å². The van der Waals surface area contributed by atoms with E-state index in [1.165, 1.54) is 13.8 Å². The van der Waals surface area contributed by atoms with E-state index in [1.807, 2.05) is 12.1 Å². The Labute approximate surface area is 107 Å². The summed E-state index contributed by atoms with van der Waals surface area (Å²) in [5.41, 5.74) is 2.79. The van der Waals surface area contributed by atoms with Gasteiger partial charge in [-0.25, -0.2) is 0 Å². The number of carbonyl (C=O) groups is 2. The predicted octanol–water partition coefficient (Wildman–Crippen LogP) is 3.60. The number of carbonyl (C=O) groups excluding carboxylic acids is 2. The van der Waals surface area contributed by atoms with Gasteiger partial charge in [-0.2, -0.15) is 0 Å². The molecular weight excluding hydrogens is 224 g/mol. The predicted molar refractivity (Wildman–Crippen MR) is 74.4 cm³/mol. The van der Waals surface area contributed by atoms with E-state index in [0.717, 1.165) is 11.1 Å². The molecule has 1 aromatic rings. The van der Waals surface area contributed by atoms with Gasteiger partial charge in [0.2, 0.25) is 0 Å². The van der Waals surface area contributed by atoms with Gasteiger partial charge >= 0.3 is 0 Å². The molecule has 0 amide bonds. The summed E-state index contributed by atoms with van der Waals surface area (Å²) in [6.07, 6.45) is 3.38. The smallest absolute Gasteiger partial charge is 0.159 e. The maximum absolute atomic E-state index is 11.1. The van der Waals surface area contributed by atoms with Gasteiger partial charge in [-0.1, -0.05) is 49.6 Å². The van der Waals surface area contributed by atoms with Gasteiger partial charge in [-0.05, 0) is 25.0 Å². The lowest BCUT2D eigenvalue weighted by Crippen LogP contribution is -1.92. The van der Waals surface area contributed by atoms with Crippen LogP contribution in [0, 0.1) is 0 Å². The van der Waals surface area contributed by atoms with E-state index in [-0.39, 0.29) is 11.6 Å². The SMILES string of the molecule is C=C(/C=C\C(=C)c1ccc(C(C)=O)cc1)C(C)=O. The van der Waals surface area contributed by atoms with Gasteiger partial charge in [0.15, 0.2) is 11.6 Å². The van der Waals surface area contributed by atoms with Crippen LogP contribution < -0.4 is 0 Å². The fourth-order valence-electron chi connectivity index (χ4n) is 1.33. The molecule has 0 saturated carbocycles. The second kappa shape index (κ2) is 5.92. The van der Waals surface area contributed by atoms with E-state index in [0.29, 0.717) is 11.1 Å². The van der Waals surface area contributed by atoms with Gasteiger partial charge in [-0.15, -0.1) is 0 Å². The number of ketones is 2. The molecule has 92 valence electrons. The second-order valence-electron chi connectivity index (χ2n) is 4.07. The van der Waals surface area contributed by atoms with Crippen molar-refractivity contribution in [3.05, 3.63) is 66.3 Å². The second-order valence-corrected chi connectivity index (χ2v) is 4.07. The van der Waals surface area contributed by atoms with E-state index < -0.39 is 0 Å². The van der Waals surface area contributed by atoms with Crippen molar-refractivity contribution in [2.75, 3.05) is 0 Å². The van der Waals surface area contributed by atoms with Crippen LogP contribution in [0.4, 0.5) is 0 Å². The summed E-state index contributed by atoms with van der Waals surface area (Å²) in [6.45, 7) is 10.5. The number of Topliss-reactive ketones (excluding diaryl/α,β-unsaturated/α-hetero) is 2. The Kier molecular flexibility index (Phi) is 4.55. The van der Waals surface area contributed by atoms with Crippen molar-refractivity contribution in [1.29, 1.82) is 0 Å². The molecule has 0 fully saturated rings. The molecule has 2 heteroatoms. The molecule has 1 rings (SSSR count). The van der Waals surface area contributed by atoms with E-state index in [9.17, 15) is 9.59 Å². The summed E-state index contributed by atoms with van der Waals surface area (Å²) < 4.78 is 0. The lowest BCUT2D eigenvalue weighted by Gasteiger charge is -2.02. The van der Waals surface area contributed by atoms with Crippen molar-refractivity contribution in [3.63, 3.8) is 0 Å². The Morgan fingerprint density at radius 2 is 1.44 bits per heavy atom. The highest BCUT2D eigenvalue weighted by molar-refractivity contribution is 5.96.